The van der Waals surface area contributed by atoms with Crippen molar-refractivity contribution in [3.05, 3.63) is 28.2 Å². The van der Waals surface area contributed by atoms with E-state index in [1.807, 2.05) is 12.1 Å². The van der Waals surface area contributed by atoms with E-state index in [4.69, 9.17) is 0 Å². The molecule has 3 heteroatoms. The highest BCUT2D eigenvalue weighted by Crippen LogP contribution is 2.32. The lowest BCUT2D eigenvalue weighted by atomic mass is 9.89. The van der Waals surface area contributed by atoms with Gasteiger partial charge in [-0.3, -0.25) is 4.79 Å². The van der Waals surface area contributed by atoms with Crippen molar-refractivity contribution in [1.82, 2.24) is 0 Å². The molecule has 1 aromatic rings. The predicted molar refractivity (Wildman–Crippen MR) is 88.5 cm³/mol. The number of Topliss-reactive ketones (excluding diaryl/α,β-unsaturated/α-hetero) is 1. The minimum absolute atomic E-state index is 0.119. The highest BCUT2D eigenvalue weighted by molar-refractivity contribution is 9.10. The van der Waals surface area contributed by atoms with E-state index in [0.29, 0.717) is 0 Å². The topological polar surface area (TPSA) is 20.3 Å². The zero-order valence-electron chi connectivity index (χ0n) is 12.7. The fourth-order valence-electron chi connectivity index (χ4n) is 3.01. The van der Waals surface area contributed by atoms with Gasteiger partial charge in [-0.2, -0.15) is 0 Å². The molecule has 2 rings (SSSR count). The lowest BCUT2D eigenvalue weighted by molar-refractivity contribution is 0.101. The van der Waals surface area contributed by atoms with Crippen LogP contribution >= 0.6 is 15.9 Å². The molecule has 1 saturated heterocycles. The zero-order valence-corrected chi connectivity index (χ0v) is 14.2. The average molecular weight is 338 g/mol. The number of halogens is 1. The third kappa shape index (κ3) is 3.63. The van der Waals surface area contributed by atoms with Gasteiger partial charge in [0.05, 0.1) is 5.69 Å². The molecule has 0 aliphatic carbocycles. The van der Waals surface area contributed by atoms with Crippen LogP contribution in [0.25, 0.3) is 0 Å². The SMILES string of the molecule is CC(=O)c1ccc(N2CCCC(C(C)C)CC2)c(Br)c1. The van der Waals surface area contributed by atoms with Crippen molar-refractivity contribution < 1.29 is 4.79 Å². The Morgan fingerprint density at radius 2 is 2.05 bits per heavy atom. The standard InChI is InChI=1S/C17H24BrNO/c1-12(2)14-5-4-9-19(10-8-14)17-7-6-15(13(3)20)11-16(17)18/h6-7,11-12,14H,4-5,8-10H2,1-3H3. The summed E-state index contributed by atoms with van der Waals surface area (Å²) in [5.41, 5.74) is 2.00. The molecule has 1 aliphatic heterocycles. The summed E-state index contributed by atoms with van der Waals surface area (Å²) < 4.78 is 1.04. The molecular formula is C17H24BrNO. The van der Waals surface area contributed by atoms with E-state index in [1.54, 1.807) is 6.92 Å². The van der Waals surface area contributed by atoms with Gasteiger partial charge in [0.15, 0.2) is 5.78 Å². The highest BCUT2D eigenvalue weighted by Gasteiger charge is 2.20. The van der Waals surface area contributed by atoms with Gasteiger partial charge in [-0.1, -0.05) is 13.8 Å². The molecule has 110 valence electrons. The van der Waals surface area contributed by atoms with E-state index < -0.39 is 0 Å². The Balaban J connectivity index is 2.13. The Morgan fingerprint density at radius 1 is 1.30 bits per heavy atom. The molecule has 0 saturated carbocycles. The first kappa shape index (κ1) is 15.6. The van der Waals surface area contributed by atoms with Crippen LogP contribution in [0, 0.1) is 11.8 Å². The van der Waals surface area contributed by atoms with Crippen LogP contribution < -0.4 is 4.90 Å². The first-order valence-electron chi connectivity index (χ1n) is 7.54. The van der Waals surface area contributed by atoms with Crippen LogP contribution in [0.3, 0.4) is 0 Å². The van der Waals surface area contributed by atoms with Gasteiger partial charge in [-0.05, 0) is 72.2 Å². The number of hydrogen-bond donors (Lipinski definition) is 0. The van der Waals surface area contributed by atoms with Crippen LogP contribution in [0.15, 0.2) is 22.7 Å². The number of rotatable bonds is 3. The Bertz CT molecular complexity index is 484. The number of nitrogens with zero attached hydrogens (tertiary/aromatic N) is 1. The number of benzene rings is 1. The van der Waals surface area contributed by atoms with Crippen LogP contribution in [0.1, 0.15) is 50.4 Å². The second kappa shape index (κ2) is 6.75. The molecule has 2 nitrogen and oxygen atoms in total. The number of anilines is 1. The molecule has 0 bridgehead atoms. The van der Waals surface area contributed by atoms with Crippen molar-refractivity contribution >= 4 is 27.4 Å². The molecule has 1 fully saturated rings. The number of carbonyl (C=O) groups is 1. The third-order valence-electron chi connectivity index (χ3n) is 4.41. The minimum atomic E-state index is 0.119. The number of hydrogen-bond acceptors (Lipinski definition) is 2. The zero-order chi connectivity index (χ0) is 14.7. The third-order valence-corrected chi connectivity index (χ3v) is 5.05. The minimum Gasteiger partial charge on any atom is -0.371 e. The van der Waals surface area contributed by atoms with Crippen molar-refractivity contribution in [3.63, 3.8) is 0 Å². The van der Waals surface area contributed by atoms with Crippen molar-refractivity contribution in [1.29, 1.82) is 0 Å². The van der Waals surface area contributed by atoms with Gasteiger partial charge in [-0.15, -0.1) is 0 Å². The Hall–Kier alpha value is -0.830. The first-order chi connectivity index (χ1) is 9.49. The molecular weight excluding hydrogens is 314 g/mol. The van der Waals surface area contributed by atoms with Crippen LogP contribution in [-0.4, -0.2) is 18.9 Å². The van der Waals surface area contributed by atoms with E-state index in [-0.39, 0.29) is 5.78 Å². The second-order valence-electron chi connectivity index (χ2n) is 6.14. The Kier molecular flexibility index (Phi) is 5.25. The maximum atomic E-state index is 11.4. The maximum Gasteiger partial charge on any atom is 0.159 e. The molecule has 1 unspecified atom stereocenters. The molecule has 1 heterocycles. The fraction of sp³-hybridized carbons (Fsp3) is 0.588. The van der Waals surface area contributed by atoms with E-state index in [9.17, 15) is 4.79 Å². The van der Waals surface area contributed by atoms with Gasteiger partial charge >= 0.3 is 0 Å². The van der Waals surface area contributed by atoms with Crippen molar-refractivity contribution in [2.75, 3.05) is 18.0 Å². The summed E-state index contributed by atoms with van der Waals surface area (Å²) in [5, 5.41) is 0. The molecule has 1 aliphatic rings. The van der Waals surface area contributed by atoms with Crippen LogP contribution in [-0.2, 0) is 0 Å². The van der Waals surface area contributed by atoms with E-state index >= 15 is 0 Å². The van der Waals surface area contributed by atoms with Gasteiger partial charge in [-0.25, -0.2) is 0 Å². The molecule has 1 atom stereocenters. The van der Waals surface area contributed by atoms with E-state index in [0.717, 1.165) is 35.0 Å². The summed E-state index contributed by atoms with van der Waals surface area (Å²) in [6, 6.07) is 5.96. The lowest BCUT2D eigenvalue weighted by Gasteiger charge is -2.25. The highest BCUT2D eigenvalue weighted by atomic mass is 79.9. The molecule has 0 radical (unpaired) electrons. The van der Waals surface area contributed by atoms with Crippen molar-refractivity contribution in [2.45, 2.75) is 40.0 Å². The number of carbonyl (C=O) groups excluding carboxylic acids is 1. The summed E-state index contributed by atoms with van der Waals surface area (Å²) >= 11 is 3.63. The number of ketones is 1. The van der Waals surface area contributed by atoms with E-state index in [1.165, 1.54) is 24.9 Å². The lowest BCUT2D eigenvalue weighted by Crippen LogP contribution is -2.25. The summed E-state index contributed by atoms with van der Waals surface area (Å²) in [6.07, 6.45) is 3.85. The van der Waals surface area contributed by atoms with Gasteiger partial charge in [0.1, 0.15) is 0 Å². The normalized spacial score (nSPS) is 20.1. The van der Waals surface area contributed by atoms with Crippen LogP contribution in [0.2, 0.25) is 0 Å². The molecule has 0 spiro atoms. The largest absolute Gasteiger partial charge is 0.371 e. The quantitative estimate of drug-likeness (QED) is 0.730. The summed E-state index contributed by atoms with van der Waals surface area (Å²) in [4.78, 5) is 13.9. The van der Waals surface area contributed by atoms with Crippen molar-refractivity contribution in [2.24, 2.45) is 11.8 Å². The molecule has 0 N–H and O–H groups in total. The Morgan fingerprint density at radius 3 is 2.65 bits per heavy atom. The summed E-state index contributed by atoms with van der Waals surface area (Å²) in [6.45, 7) is 8.50. The Labute approximate surface area is 130 Å². The van der Waals surface area contributed by atoms with E-state index in [2.05, 4.69) is 40.7 Å². The maximum absolute atomic E-state index is 11.4. The van der Waals surface area contributed by atoms with Crippen LogP contribution in [0.5, 0.6) is 0 Å². The first-order valence-corrected chi connectivity index (χ1v) is 8.33. The summed E-state index contributed by atoms with van der Waals surface area (Å²) in [7, 11) is 0. The fourth-order valence-corrected chi connectivity index (χ4v) is 3.64. The van der Waals surface area contributed by atoms with Crippen LogP contribution in [0.4, 0.5) is 5.69 Å². The smallest absolute Gasteiger partial charge is 0.159 e. The second-order valence-corrected chi connectivity index (χ2v) is 7.00. The molecule has 0 aromatic heterocycles. The van der Waals surface area contributed by atoms with Gasteiger partial charge in [0.25, 0.3) is 0 Å². The molecule has 20 heavy (non-hydrogen) atoms. The summed E-state index contributed by atoms with van der Waals surface area (Å²) in [5.74, 6) is 1.74. The molecule has 1 aromatic carbocycles. The van der Waals surface area contributed by atoms with Gasteiger partial charge < -0.3 is 4.90 Å². The monoisotopic (exact) mass is 337 g/mol. The molecule has 0 amide bonds. The van der Waals surface area contributed by atoms with Gasteiger partial charge in [0, 0.05) is 23.1 Å². The van der Waals surface area contributed by atoms with Crippen molar-refractivity contribution in [3.8, 4) is 0 Å². The van der Waals surface area contributed by atoms with Gasteiger partial charge in [0.2, 0.25) is 0 Å². The average Bonchev–Trinajstić information content (AvgIpc) is 2.64. The predicted octanol–water partition coefficient (Wildman–Crippen LogP) is 4.91.